The van der Waals surface area contributed by atoms with Gasteiger partial charge in [-0.1, -0.05) is 44.2 Å². The molecule has 0 spiro atoms. The van der Waals surface area contributed by atoms with Crippen LogP contribution in [0.25, 0.3) is 11.0 Å². The van der Waals surface area contributed by atoms with Crippen molar-refractivity contribution in [2.75, 3.05) is 0 Å². The first-order chi connectivity index (χ1) is 9.27. The molecule has 0 radical (unpaired) electrons. The van der Waals surface area contributed by atoms with Gasteiger partial charge < -0.3 is 9.55 Å². The van der Waals surface area contributed by atoms with E-state index in [1.54, 1.807) is 0 Å². The highest BCUT2D eigenvalue weighted by molar-refractivity contribution is 7.71. The summed E-state index contributed by atoms with van der Waals surface area (Å²) in [6.07, 6.45) is 9.39. The lowest BCUT2D eigenvalue weighted by molar-refractivity contribution is 0.375. The van der Waals surface area contributed by atoms with Gasteiger partial charge in [0, 0.05) is 6.04 Å². The van der Waals surface area contributed by atoms with Gasteiger partial charge in [0.25, 0.3) is 0 Å². The van der Waals surface area contributed by atoms with Crippen LogP contribution in [0.5, 0.6) is 0 Å². The molecular formula is C16H22N2S. The van der Waals surface area contributed by atoms with Crippen LogP contribution in [0, 0.1) is 11.7 Å². The second kappa shape index (κ2) is 5.49. The van der Waals surface area contributed by atoms with Crippen molar-refractivity contribution >= 4 is 23.3 Å². The van der Waals surface area contributed by atoms with E-state index in [0.717, 1.165) is 4.77 Å². The zero-order valence-electron chi connectivity index (χ0n) is 11.6. The van der Waals surface area contributed by atoms with Crippen molar-refractivity contribution in [1.29, 1.82) is 0 Å². The van der Waals surface area contributed by atoms with Crippen molar-refractivity contribution in [3.8, 4) is 0 Å². The lowest BCUT2D eigenvalue weighted by Crippen LogP contribution is -2.11. The summed E-state index contributed by atoms with van der Waals surface area (Å²) in [5.41, 5.74) is 3.83. The zero-order chi connectivity index (χ0) is 13.2. The van der Waals surface area contributed by atoms with Gasteiger partial charge in [-0.15, -0.1) is 0 Å². The maximum atomic E-state index is 5.58. The van der Waals surface area contributed by atoms with Crippen molar-refractivity contribution < 1.29 is 0 Å². The first kappa shape index (κ1) is 12.9. The quantitative estimate of drug-likeness (QED) is 0.700. The number of para-hydroxylation sites is 1. The number of nitrogens with zero attached hydrogens (tertiary/aromatic N) is 1. The molecule has 0 atom stereocenters. The Morgan fingerprint density at radius 1 is 1.11 bits per heavy atom. The van der Waals surface area contributed by atoms with Gasteiger partial charge in [0.2, 0.25) is 0 Å². The van der Waals surface area contributed by atoms with Crippen molar-refractivity contribution in [2.24, 2.45) is 0 Å². The minimum absolute atomic E-state index is 0.586. The Kier molecular flexibility index (Phi) is 3.74. The Balaban J connectivity index is 2.07. The zero-order valence-corrected chi connectivity index (χ0v) is 12.4. The minimum Gasteiger partial charge on any atom is -0.331 e. The van der Waals surface area contributed by atoms with Gasteiger partial charge in [-0.2, -0.15) is 0 Å². The van der Waals surface area contributed by atoms with Gasteiger partial charge >= 0.3 is 0 Å². The molecule has 2 nitrogen and oxygen atoms in total. The minimum atomic E-state index is 0.586. The van der Waals surface area contributed by atoms with Crippen molar-refractivity contribution in [2.45, 2.75) is 57.9 Å². The molecule has 1 aromatic carbocycles. The first-order valence-corrected chi connectivity index (χ1v) is 7.88. The molecule has 3 heteroatoms. The summed E-state index contributed by atoms with van der Waals surface area (Å²) < 4.78 is 3.29. The van der Waals surface area contributed by atoms with Crippen LogP contribution in [0.4, 0.5) is 0 Å². The molecule has 0 unspecified atom stereocenters. The molecule has 3 rings (SSSR count). The third-order valence-corrected chi connectivity index (χ3v) is 4.68. The number of hydrogen-bond donors (Lipinski definition) is 1. The fourth-order valence-electron chi connectivity index (χ4n) is 3.40. The van der Waals surface area contributed by atoms with Gasteiger partial charge in [-0.3, -0.25) is 0 Å². The Labute approximate surface area is 119 Å². The number of benzene rings is 1. The van der Waals surface area contributed by atoms with E-state index in [2.05, 4.69) is 34.7 Å². The smallest absolute Gasteiger partial charge is 0.178 e. The highest BCUT2D eigenvalue weighted by atomic mass is 32.1. The molecule has 19 heavy (non-hydrogen) atoms. The molecule has 0 amide bonds. The SMILES string of the molecule is Cc1cccc2[nH]c(=S)n(C3CCCCCCC3)c12. The molecule has 0 aliphatic heterocycles. The molecule has 1 saturated carbocycles. The van der Waals surface area contributed by atoms with Crippen LogP contribution in [0.1, 0.15) is 56.6 Å². The molecule has 2 aromatic rings. The number of hydrogen-bond acceptors (Lipinski definition) is 1. The van der Waals surface area contributed by atoms with Gasteiger partial charge in [0.15, 0.2) is 4.77 Å². The second-order valence-corrected chi connectivity index (χ2v) is 6.16. The lowest BCUT2D eigenvalue weighted by Gasteiger charge is -2.22. The molecule has 1 aromatic heterocycles. The fraction of sp³-hybridized carbons (Fsp3) is 0.562. The summed E-state index contributed by atoms with van der Waals surface area (Å²) in [5.74, 6) is 0. The number of nitrogens with one attached hydrogen (secondary N) is 1. The molecule has 0 saturated heterocycles. The fourth-order valence-corrected chi connectivity index (χ4v) is 3.75. The number of H-pyrrole nitrogens is 1. The van der Waals surface area contributed by atoms with Gasteiger partial charge in [0.1, 0.15) is 0 Å². The first-order valence-electron chi connectivity index (χ1n) is 7.47. The largest absolute Gasteiger partial charge is 0.331 e. The van der Waals surface area contributed by atoms with E-state index in [9.17, 15) is 0 Å². The summed E-state index contributed by atoms with van der Waals surface area (Å²) in [5, 5.41) is 0. The van der Waals surface area contributed by atoms with E-state index in [4.69, 9.17) is 12.2 Å². The van der Waals surface area contributed by atoms with E-state index in [1.165, 1.54) is 61.5 Å². The van der Waals surface area contributed by atoms with Crippen LogP contribution in [0.3, 0.4) is 0 Å². The maximum absolute atomic E-state index is 5.58. The molecule has 102 valence electrons. The van der Waals surface area contributed by atoms with E-state index in [-0.39, 0.29) is 0 Å². The van der Waals surface area contributed by atoms with E-state index >= 15 is 0 Å². The standard InChI is InChI=1S/C16H22N2S/c1-12-8-7-11-14-15(12)18(16(19)17-14)13-9-5-3-2-4-6-10-13/h7-8,11,13H,2-6,9-10H2,1H3,(H,17,19). The van der Waals surface area contributed by atoms with Crippen LogP contribution >= 0.6 is 12.2 Å². The van der Waals surface area contributed by atoms with Crippen LogP contribution in [0.2, 0.25) is 0 Å². The monoisotopic (exact) mass is 274 g/mol. The van der Waals surface area contributed by atoms with Gasteiger partial charge in [-0.25, -0.2) is 0 Å². The predicted octanol–water partition coefficient (Wildman–Crippen LogP) is 5.29. The number of imidazole rings is 1. The summed E-state index contributed by atoms with van der Waals surface area (Å²) in [4.78, 5) is 3.38. The molecule has 1 heterocycles. The third-order valence-electron chi connectivity index (χ3n) is 4.38. The molecule has 0 bridgehead atoms. The maximum Gasteiger partial charge on any atom is 0.178 e. The van der Waals surface area contributed by atoms with Crippen LogP contribution < -0.4 is 0 Å². The average molecular weight is 274 g/mol. The summed E-state index contributed by atoms with van der Waals surface area (Å²) in [7, 11) is 0. The van der Waals surface area contributed by atoms with Crippen molar-refractivity contribution in [3.05, 3.63) is 28.5 Å². The highest BCUT2D eigenvalue weighted by Crippen LogP contribution is 2.31. The van der Waals surface area contributed by atoms with Crippen LogP contribution in [-0.4, -0.2) is 9.55 Å². The predicted molar refractivity (Wildman–Crippen MR) is 83.2 cm³/mol. The molecule has 1 aliphatic rings. The third kappa shape index (κ3) is 2.48. The Bertz CT molecular complexity index is 615. The number of fused-ring (bicyclic) bond motifs is 1. The Hall–Kier alpha value is -1.09. The second-order valence-electron chi connectivity index (χ2n) is 5.77. The molecule has 1 aliphatic carbocycles. The topological polar surface area (TPSA) is 20.7 Å². The molecule has 1 fully saturated rings. The van der Waals surface area contributed by atoms with Gasteiger partial charge in [0.05, 0.1) is 11.0 Å². The number of aryl methyl sites for hydroxylation is 1. The average Bonchev–Trinajstić information content (AvgIpc) is 2.67. The van der Waals surface area contributed by atoms with Crippen molar-refractivity contribution in [1.82, 2.24) is 9.55 Å². The number of rotatable bonds is 1. The normalized spacial score (nSPS) is 18.4. The number of aromatic amines is 1. The molecule has 1 N–H and O–H groups in total. The van der Waals surface area contributed by atoms with E-state index in [1.807, 2.05) is 0 Å². The lowest BCUT2D eigenvalue weighted by atomic mass is 9.96. The van der Waals surface area contributed by atoms with Crippen LogP contribution in [0.15, 0.2) is 18.2 Å². The summed E-state index contributed by atoms with van der Waals surface area (Å²) >= 11 is 5.58. The highest BCUT2D eigenvalue weighted by Gasteiger charge is 2.17. The Morgan fingerprint density at radius 3 is 2.53 bits per heavy atom. The van der Waals surface area contributed by atoms with E-state index < -0.39 is 0 Å². The summed E-state index contributed by atoms with van der Waals surface area (Å²) in [6, 6.07) is 7.01. The molecular weight excluding hydrogens is 252 g/mol. The van der Waals surface area contributed by atoms with Crippen molar-refractivity contribution in [3.63, 3.8) is 0 Å². The van der Waals surface area contributed by atoms with Gasteiger partial charge in [-0.05, 0) is 43.6 Å². The van der Waals surface area contributed by atoms with E-state index in [0.29, 0.717) is 6.04 Å². The Morgan fingerprint density at radius 2 is 1.79 bits per heavy atom. The van der Waals surface area contributed by atoms with Crippen LogP contribution in [-0.2, 0) is 0 Å². The number of aromatic nitrogens is 2. The summed E-state index contributed by atoms with van der Waals surface area (Å²) in [6.45, 7) is 2.18.